The van der Waals surface area contributed by atoms with Crippen LogP contribution in [-0.2, 0) is 0 Å². The number of anilines is 1. The maximum atomic E-state index is 13.3. The van der Waals surface area contributed by atoms with Gasteiger partial charge in [0.05, 0.1) is 13.3 Å². The first-order valence-electron chi connectivity index (χ1n) is 7.80. The molecule has 1 atom stereocenters. The van der Waals surface area contributed by atoms with Gasteiger partial charge in [0.1, 0.15) is 0 Å². The van der Waals surface area contributed by atoms with Crippen molar-refractivity contribution in [3.63, 3.8) is 0 Å². The number of ether oxygens (including phenoxy) is 1. The summed E-state index contributed by atoms with van der Waals surface area (Å²) in [5, 5.41) is 3.20. The Labute approximate surface area is 124 Å². The van der Waals surface area contributed by atoms with Gasteiger partial charge in [0, 0.05) is 19.1 Å². The summed E-state index contributed by atoms with van der Waals surface area (Å²) in [6, 6.07) is 0.803. The Morgan fingerprint density at radius 1 is 1.38 bits per heavy atom. The lowest BCUT2D eigenvalue weighted by Crippen LogP contribution is -2.31. The maximum Gasteiger partial charge on any atom is 0.255 e. The molecule has 0 radical (unpaired) electrons. The van der Waals surface area contributed by atoms with Crippen LogP contribution in [0.15, 0.2) is 6.20 Å². The molecule has 1 aromatic heterocycles. The van der Waals surface area contributed by atoms with Crippen LogP contribution in [-0.4, -0.2) is 47.7 Å². The van der Waals surface area contributed by atoms with Crippen molar-refractivity contribution in [1.82, 2.24) is 14.9 Å². The predicted octanol–water partition coefficient (Wildman–Crippen LogP) is 2.30. The lowest BCUT2D eigenvalue weighted by atomic mass is 10.1. The molecular formula is C15H23FN4O. The number of methoxy groups -OCH3 is 1. The van der Waals surface area contributed by atoms with Gasteiger partial charge in [-0.25, -0.2) is 4.98 Å². The van der Waals surface area contributed by atoms with E-state index in [4.69, 9.17) is 4.74 Å². The van der Waals surface area contributed by atoms with Gasteiger partial charge in [-0.15, -0.1) is 0 Å². The molecule has 116 valence electrons. The lowest BCUT2D eigenvalue weighted by molar-refractivity contribution is 0.238. The number of nitrogens with zero attached hydrogens (tertiary/aromatic N) is 3. The molecule has 1 aliphatic heterocycles. The second kappa shape index (κ2) is 6.56. The van der Waals surface area contributed by atoms with E-state index in [9.17, 15) is 4.39 Å². The molecule has 0 aromatic carbocycles. The smallest absolute Gasteiger partial charge is 0.255 e. The monoisotopic (exact) mass is 294 g/mol. The molecular weight excluding hydrogens is 271 g/mol. The number of aromatic nitrogens is 2. The summed E-state index contributed by atoms with van der Waals surface area (Å²) in [4.78, 5) is 10.6. The normalized spacial score (nSPS) is 23.6. The first kappa shape index (κ1) is 14.5. The summed E-state index contributed by atoms with van der Waals surface area (Å²) in [6.45, 7) is 3.18. The third kappa shape index (κ3) is 3.43. The lowest BCUT2D eigenvalue weighted by Gasteiger charge is -2.23. The van der Waals surface area contributed by atoms with Gasteiger partial charge in [0.15, 0.2) is 0 Å². The summed E-state index contributed by atoms with van der Waals surface area (Å²) >= 11 is 0. The van der Waals surface area contributed by atoms with E-state index in [0.29, 0.717) is 11.9 Å². The van der Waals surface area contributed by atoms with E-state index in [-0.39, 0.29) is 5.88 Å². The Hall–Kier alpha value is -1.43. The highest BCUT2D eigenvalue weighted by atomic mass is 19.1. The van der Waals surface area contributed by atoms with Gasteiger partial charge in [0.2, 0.25) is 11.8 Å². The van der Waals surface area contributed by atoms with Gasteiger partial charge in [-0.05, 0) is 31.7 Å². The van der Waals surface area contributed by atoms with Crippen molar-refractivity contribution in [3.05, 3.63) is 12.0 Å². The molecule has 1 N–H and O–H groups in total. The van der Waals surface area contributed by atoms with E-state index >= 15 is 0 Å². The molecule has 0 unspecified atom stereocenters. The first-order chi connectivity index (χ1) is 10.3. The highest BCUT2D eigenvalue weighted by molar-refractivity contribution is 5.28. The molecule has 0 spiro atoms. The molecule has 2 aliphatic rings. The minimum Gasteiger partial charge on any atom is -0.479 e. The fourth-order valence-corrected chi connectivity index (χ4v) is 3.45. The maximum absolute atomic E-state index is 13.3. The number of nitrogens with one attached hydrogen (secondary N) is 1. The zero-order valence-corrected chi connectivity index (χ0v) is 12.5. The van der Waals surface area contributed by atoms with Gasteiger partial charge in [-0.3, -0.25) is 0 Å². The van der Waals surface area contributed by atoms with Crippen molar-refractivity contribution in [2.45, 2.75) is 38.1 Å². The Kier molecular flexibility index (Phi) is 4.53. The van der Waals surface area contributed by atoms with Gasteiger partial charge in [0.25, 0.3) is 5.88 Å². The van der Waals surface area contributed by atoms with E-state index in [0.717, 1.165) is 25.3 Å². The van der Waals surface area contributed by atoms with Crippen LogP contribution >= 0.6 is 0 Å². The molecule has 1 aliphatic carbocycles. The molecule has 2 heterocycles. The minimum absolute atomic E-state index is 0.00787. The fourth-order valence-electron chi connectivity index (χ4n) is 3.45. The Morgan fingerprint density at radius 3 is 2.95 bits per heavy atom. The Bertz CT molecular complexity index is 479. The average molecular weight is 294 g/mol. The number of likely N-dealkylation sites (tertiary alicyclic amines) is 1. The third-order valence-electron chi connectivity index (χ3n) is 4.61. The second-order valence-electron chi connectivity index (χ2n) is 6.02. The molecule has 1 saturated heterocycles. The highest BCUT2D eigenvalue weighted by Crippen LogP contribution is 2.28. The zero-order valence-electron chi connectivity index (χ0n) is 12.5. The molecule has 0 amide bonds. The van der Waals surface area contributed by atoms with Crippen molar-refractivity contribution < 1.29 is 9.13 Å². The SMILES string of the molecule is COc1nc(NC[C@H]2CCN(C3CCCC3)C2)ncc1F. The Balaban J connectivity index is 1.49. The largest absolute Gasteiger partial charge is 0.479 e. The zero-order chi connectivity index (χ0) is 14.7. The van der Waals surface area contributed by atoms with E-state index in [2.05, 4.69) is 20.2 Å². The summed E-state index contributed by atoms with van der Waals surface area (Å²) in [5.41, 5.74) is 0. The van der Waals surface area contributed by atoms with E-state index < -0.39 is 5.82 Å². The van der Waals surface area contributed by atoms with Crippen LogP contribution in [0, 0.1) is 11.7 Å². The summed E-state index contributed by atoms with van der Waals surface area (Å²) in [5.74, 6) is 0.514. The second-order valence-corrected chi connectivity index (χ2v) is 6.02. The number of hydrogen-bond acceptors (Lipinski definition) is 5. The molecule has 6 heteroatoms. The van der Waals surface area contributed by atoms with Crippen molar-refractivity contribution in [2.24, 2.45) is 5.92 Å². The quantitative estimate of drug-likeness (QED) is 0.903. The summed E-state index contributed by atoms with van der Waals surface area (Å²) in [6.07, 6.45) is 7.84. The summed E-state index contributed by atoms with van der Waals surface area (Å²) in [7, 11) is 1.41. The number of halogens is 1. The molecule has 5 nitrogen and oxygen atoms in total. The number of hydrogen-bond donors (Lipinski definition) is 1. The van der Waals surface area contributed by atoms with Gasteiger partial charge < -0.3 is 15.0 Å². The predicted molar refractivity (Wildman–Crippen MR) is 79.0 cm³/mol. The van der Waals surface area contributed by atoms with Crippen LogP contribution in [0.3, 0.4) is 0 Å². The molecule has 1 saturated carbocycles. The molecule has 2 fully saturated rings. The van der Waals surface area contributed by atoms with Crippen LogP contribution in [0.1, 0.15) is 32.1 Å². The highest BCUT2D eigenvalue weighted by Gasteiger charge is 2.29. The first-order valence-corrected chi connectivity index (χ1v) is 7.80. The third-order valence-corrected chi connectivity index (χ3v) is 4.61. The molecule has 0 bridgehead atoms. The van der Waals surface area contributed by atoms with Crippen LogP contribution < -0.4 is 10.1 Å². The van der Waals surface area contributed by atoms with Crippen LogP contribution in [0.2, 0.25) is 0 Å². The van der Waals surface area contributed by atoms with Crippen molar-refractivity contribution in [2.75, 3.05) is 32.1 Å². The van der Waals surface area contributed by atoms with Crippen LogP contribution in [0.5, 0.6) is 5.88 Å². The van der Waals surface area contributed by atoms with Crippen molar-refractivity contribution in [3.8, 4) is 5.88 Å². The van der Waals surface area contributed by atoms with Gasteiger partial charge in [-0.1, -0.05) is 12.8 Å². The van der Waals surface area contributed by atoms with Crippen molar-refractivity contribution in [1.29, 1.82) is 0 Å². The van der Waals surface area contributed by atoms with E-state index in [1.807, 2.05) is 0 Å². The average Bonchev–Trinajstić information content (AvgIpc) is 3.17. The van der Waals surface area contributed by atoms with Crippen LogP contribution in [0.4, 0.5) is 10.3 Å². The van der Waals surface area contributed by atoms with E-state index in [1.165, 1.54) is 45.8 Å². The van der Waals surface area contributed by atoms with Crippen LogP contribution in [0.25, 0.3) is 0 Å². The van der Waals surface area contributed by atoms with Gasteiger partial charge in [-0.2, -0.15) is 9.37 Å². The molecule has 3 rings (SSSR count). The van der Waals surface area contributed by atoms with E-state index in [1.54, 1.807) is 0 Å². The molecule has 1 aromatic rings. The summed E-state index contributed by atoms with van der Waals surface area (Å²) < 4.78 is 18.1. The number of rotatable bonds is 5. The van der Waals surface area contributed by atoms with Gasteiger partial charge >= 0.3 is 0 Å². The Morgan fingerprint density at radius 2 is 2.19 bits per heavy atom. The van der Waals surface area contributed by atoms with Crippen molar-refractivity contribution >= 4 is 5.95 Å². The fraction of sp³-hybridized carbons (Fsp3) is 0.733. The minimum atomic E-state index is -0.531. The topological polar surface area (TPSA) is 50.3 Å². The standard InChI is InChI=1S/C15H23FN4O/c1-21-14-13(16)9-18-15(19-14)17-8-11-6-7-20(10-11)12-4-2-3-5-12/h9,11-12H,2-8,10H2,1H3,(H,17,18,19)/t11-/m1/s1. The molecule has 21 heavy (non-hydrogen) atoms.